The van der Waals surface area contributed by atoms with Crippen molar-refractivity contribution in [3.8, 4) is 0 Å². The first kappa shape index (κ1) is 14.3. The summed E-state index contributed by atoms with van der Waals surface area (Å²) in [5, 5.41) is 6.52. The van der Waals surface area contributed by atoms with Crippen molar-refractivity contribution in [2.24, 2.45) is 5.41 Å². The average Bonchev–Trinajstić information content (AvgIpc) is 2.33. The molecule has 1 aliphatic rings. The normalized spacial score (nSPS) is 24.7. The van der Waals surface area contributed by atoms with Crippen LogP contribution >= 0.6 is 11.6 Å². The summed E-state index contributed by atoms with van der Waals surface area (Å²) in [6.07, 6.45) is 1.19. The number of ether oxygens (including phenoxy) is 1. The predicted octanol–water partition coefficient (Wildman–Crippen LogP) is 2.18. The molecule has 1 aromatic heterocycles. The van der Waals surface area contributed by atoms with E-state index in [1.54, 1.807) is 7.11 Å². The monoisotopic (exact) mass is 285 g/mol. The molecule has 19 heavy (non-hydrogen) atoms. The highest BCUT2D eigenvalue weighted by Gasteiger charge is 2.48. The van der Waals surface area contributed by atoms with Crippen molar-refractivity contribution in [3.63, 3.8) is 0 Å². The molecule has 0 aliphatic heterocycles. The Hall–Kier alpha value is -1.14. The lowest BCUT2D eigenvalue weighted by Gasteiger charge is -2.51. The van der Waals surface area contributed by atoms with Gasteiger partial charge < -0.3 is 15.4 Å². The third-order valence-electron chi connectivity index (χ3n) is 3.71. The fourth-order valence-corrected chi connectivity index (χ4v) is 2.50. The van der Waals surface area contributed by atoms with Crippen molar-refractivity contribution in [3.05, 3.63) is 5.28 Å². The maximum absolute atomic E-state index is 5.89. The zero-order valence-corrected chi connectivity index (χ0v) is 12.5. The molecule has 0 aromatic carbocycles. The minimum Gasteiger partial charge on any atom is -0.381 e. The van der Waals surface area contributed by atoms with Crippen LogP contribution in [0.4, 0.5) is 11.9 Å². The Morgan fingerprint density at radius 1 is 1.32 bits per heavy atom. The van der Waals surface area contributed by atoms with Gasteiger partial charge in [0, 0.05) is 25.1 Å². The van der Waals surface area contributed by atoms with Gasteiger partial charge in [-0.1, -0.05) is 13.8 Å². The summed E-state index contributed by atoms with van der Waals surface area (Å²) in [5.41, 5.74) is 0.0478. The Morgan fingerprint density at radius 3 is 2.58 bits per heavy atom. The predicted molar refractivity (Wildman–Crippen MR) is 75.6 cm³/mol. The van der Waals surface area contributed by atoms with E-state index in [-0.39, 0.29) is 22.8 Å². The number of hydrogen-bond acceptors (Lipinski definition) is 6. The zero-order valence-electron chi connectivity index (χ0n) is 11.7. The van der Waals surface area contributed by atoms with Gasteiger partial charge in [-0.25, -0.2) is 0 Å². The second kappa shape index (κ2) is 5.46. The molecule has 2 unspecified atom stereocenters. The van der Waals surface area contributed by atoms with E-state index in [1.165, 1.54) is 0 Å². The number of methoxy groups -OCH3 is 1. The van der Waals surface area contributed by atoms with Gasteiger partial charge >= 0.3 is 0 Å². The first-order valence-electron chi connectivity index (χ1n) is 6.42. The van der Waals surface area contributed by atoms with Gasteiger partial charge in [-0.15, -0.1) is 0 Å². The van der Waals surface area contributed by atoms with Crippen LogP contribution < -0.4 is 10.6 Å². The van der Waals surface area contributed by atoms with Gasteiger partial charge in [0.05, 0.1) is 6.10 Å². The Morgan fingerprint density at radius 2 is 2.00 bits per heavy atom. The lowest BCUT2D eigenvalue weighted by atomic mass is 9.64. The summed E-state index contributed by atoms with van der Waals surface area (Å²) < 4.78 is 5.42. The highest BCUT2D eigenvalue weighted by Crippen LogP contribution is 2.43. The number of aromatic nitrogens is 3. The van der Waals surface area contributed by atoms with Crippen molar-refractivity contribution in [1.82, 2.24) is 15.0 Å². The maximum Gasteiger partial charge on any atom is 0.229 e. The quantitative estimate of drug-likeness (QED) is 0.864. The minimum absolute atomic E-state index is 0.0478. The number of nitrogens with zero attached hydrogens (tertiary/aromatic N) is 3. The fraction of sp³-hybridized carbons (Fsp3) is 0.750. The molecule has 2 atom stereocenters. The summed E-state index contributed by atoms with van der Waals surface area (Å²) in [4.78, 5) is 12.4. The molecule has 0 saturated heterocycles. The SMILES string of the molecule is CCNc1nc(Cl)nc(NC2CC(OC)C2(C)C)n1. The molecule has 106 valence electrons. The largest absolute Gasteiger partial charge is 0.381 e. The summed E-state index contributed by atoms with van der Waals surface area (Å²) in [6.45, 7) is 7.04. The standard InChI is InChI=1S/C12H20ClN5O/c1-5-14-10-16-9(13)17-11(18-10)15-7-6-8(19-4)12(7,2)3/h7-8H,5-6H2,1-4H3,(H2,14,15,16,17,18). The van der Waals surface area contributed by atoms with Gasteiger partial charge in [0.1, 0.15) is 0 Å². The molecule has 1 saturated carbocycles. The molecule has 1 aliphatic carbocycles. The molecule has 0 bridgehead atoms. The second-order valence-corrected chi connectivity index (χ2v) is 5.60. The second-order valence-electron chi connectivity index (χ2n) is 5.26. The lowest BCUT2D eigenvalue weighted by Crippen LogP contribution is -2.57. The molecular weight excluding hydrogens is 266 g/mol. The highest BCUT2D eigenvalue weighted by molar-refractivity contribution is 6.28. The number of nitrogens with one attached hydrogen (secondary N) is 2. The smallest absolute Gasteiger partial charge is 0.229 e. The summed E-state index contributed by atoms with van der Waals surface area (Å²) in [6, 6.07) is 0.269. The Bertz CT molecular complexity index is 454. The van der Waals surface area contributed by atoms with Gasteiger partial charge in [0.25, 0.3) is 0 Å². The number of hydrogen-bond donors (Lipinski definition) is 2. The van der Waals surface area contributed by atoms with Crippen LogP contribution in [0, 0.1) is 5.41 Å². The van der Waals surface area contributed by atoms with Crippen LogP contribution in [0.25, 0.3) is 0 Å². The van der Waals surface area contributed by atoms with E-state index in [0.29, 0.717) is 11.9 Å². The minimum atomic E-state index is 0.0478. The van der Waals surface area contributed by atoms with Crippen molar-refractivity contribution < 1.29 is 4.74 Å². The Kier molecular flexibility index (Phi) is 4.10. The number of rotatable bonds is 5. The van der Waals surface area contributed by atoms with Crippen LogP contribution in [-0.4, -0.2) is 40.8 Å². The third kappa shape index (κ3) is 2.90. The molecule has 6 nitrogen and oxygen atoms in total. The maximum atomic E-state index is 5.89. The third-order valence-corrected chi connectivity index (χ3v) is 3.88. The van der Waals surface area contributed by atoms with Crippen LogP contribution in [0.1, 0.15) is 27.2 Å². The molecule has 2 rings (SSSR count). The van der Waals surface area contributed by atoms with E-state index >= 15 is 0 Å². The Balaban J connectivity index is 2.08. The van der Waals surface area contributed by atoms with E-state index < -0.39 is 0 Å². The lowest BCUT2D eigenvalue weighted by molar-refractivity contribution is -0.0796. The average molecular weight is 286 g/mol. The van der Waals surface area contributed by atoms with E-state index in [2.05, 4.69) is 39.4 Å². The van der Waals surface area contributed by atoms with Gasteiger partial charge in [0.15, 0.2) is 0 Å². The van der Waals surface area contributed by atoms with Crippen molar-refractivity contribution in [1.29, 1.82) is 0 Å². The van der Waals surface area contributed by atoms with Crippen LogP contribution in [-0.2, 0) is 4.74 Å². The first-order chi connectivity index (χ1) is 8.97. The van der Waals surface area contributed by atoms with Crippen LogP contribution in [0.5, 0.6) is 0 Å². The van der Waals surface area contributed by atoms with Gasteiger partial charge in [-0.2, -0.15) is 15.0 Å². The van der Waals surface area contributed by atoms with Crippen LogP contribution in [0.15, 0.2) is 0 Å². The number of anilines is 2. The van der Waals surface area contributed by atoms with Crippen LogP contribution in [0.3, 0.4) is 0 Å². The summed E-state index contributed by atoms with van der Waals surface area (Å²) in [7, 11) is 1.74. The van der Waals surface area contributed by atoms with Gasteiger partial charge in [-0.3, -0.25) is 0 Å². The van der Waals surface area contributed by atoms with Gasteiger partial charge in [-0.05, 0) is 24.9 Å². The summed E-state index contributed by atoms with van der Waals surface area (Å²) in [5.74, 6) is 0.994. The van der Waals surface area contributed by atoms with E-state index in [4.69, 9.17) is 16.3 Å². The highest BCUT2D eigenvalue weighted by atomic mass is 35.5. The molecule has 1 fully saturated rings. The van der Waals surface area contributed by atoms with E-state index in [9.17, 15) is 0 Å². The number of halogens is 1. The Labute approximate surface area is 118 Å². The molecule has 1 heterocycles. The first-order valence-corrected chi connectivity index (χ1v) is 6.80. The molecule has 0 spiro atoms. The molecule has 1 aromatic rings. The summed E-state index contributed by atoms with van der Waals surface area (Å²) >= 11 is 5.89. The zero-order chi connectivity index (χ0) is 14.0. The molecule has 0 amide bonds. The molecule has 7 heteroatoms. The van der Waals surface area contributed by atoms with E-state index in [1.807, 2.05) is 6.92 Å². The van der Waals surface area contributed by atoms with E-state index in [0.717, 1.165) is 13.0 Å². The topological polar surface area (TPSA) is 72.0 Å². The van der Waals surface area contributed by atoms with Crippen molar-refractivity contribution in [2.45, 2.75) is 39.3 Å². The van der Waals surface area contributed by atoms with Crippen molar-refractivity contribution in [2.75, 3.05) is 24.3 Å². The van der Waals surface area contributed by atoms with Gasteiger partial charge in [0.2, 0.25) is 17.2 Å². The molecule has 0 radical (unpaired) electrons. The van der Waals surface area contributed by atoms with Crippen molar-refractivity contribution >= 4 is 23.5 Å². The van der Waals surface area contributed by atoms with Crippen LogP contribution in [0.2, 0.25) is 5.28 Å². The molecular formula is C12H20ClN5O. The fourth-order valence-electron chi connectivity index (χ4n) is 2.34. The molecule has 2 N–H and O–H groups in total.